The van der Waals surface area contributed by atoms with E-state index < -0.39 is 0 Å². The predicted molar refractivity (Wildman–Crippen MR) is 106 cm³/mol. The number of hydrogen-bond acceptors (Lipinski definition) is 4. The van der Waals surface area contributed by atoms with Crippen molar-refractivity contribution in [1.82, 2.24) is 15.3 Å². The molecule has 1 aromatic heterocycles. The summed E-state index contributed by atoms with van der Waals surface area (Å²) < 4.78 is 5.35. The summed E-state index contributed by atoms with van der Waals surface area (Å²) in [5, 5.41) is 3.07. The van der Waals surface area contributed by atoms with E-state index in [0.717, 1.165) is 47.7 Å². The topological polar surface area (TPSA) is 70.2 Å². The minimum Gasteiger partial charge on any atom is -0.496 e. The van der Waals surface area contributed by atoms with E-state index >= 15 is 0 Å². The van der Waals surface area contributed by atoms with Crippen molar-refractivity contribution >= 4 is 22.9 Å². The lowest BCUT2D eigenvalue weighted by Crippen LogP contribution is -2.43. The molecule has 1 atom stereocenters. The van der Waals surface area contributed by atoms with Crippen molar-refractivity contribution in [2.75, 3.05) is 25.1 Å². The molecule has 3 aromatic rings. The summed E-state index contributed by atoms with van der Waals surface area (Å²) in [5.74, 6) is 1.69. The van der Waals surface area contributed by atoms with Gasteiger partial charge in [0.05, 0.1) is 24.1 Å². The maximum absolute atomic E-state index is 12.7. The van der Waals surface area contributed by atoms with E-state index in [1.54, 1.807) is 7.11 Å². The van der Waals surface area contributed by atoms with Crippen LogP contribution >= 0.6 is 0 Å². The molecule has 27 heavy (non-hydrogen) atoms. The number of amides is 1. The van der Waals surface area contributed by atoms with Gasteiger partial charge in [-0.05, 0) is 31.0 Å². The van der Waals surface area contributed by atoms with Crippen molar-refractivity contribution in [2.45, 2.75) is 19.4 Å². The summed E-state index contributed by atoms with van der Waals surface area (Å²) in [5.41, 5.74) is 2.96. The number of carbonyl (C=O) groups is 1. The average Bonchev–Trinajstić information content (AvgIpc) is 3.16. The second kappa shape index (κ2) is 7.70. The van der Waals surface area contributed by atoms with E-state index in [1.165, 1.54) is 0 Å². The van der Waals surface area contributed by atoms with Crippen molar-refractivity contribution in [1.29, 1.82) is 0 Å². The summed E-state index contributed by atoms with van der Waals surface area (Å²) >= 11 is 0. The molecule has 4 rings (SSSR count). The number of rotatable bonds is 5. The molecule has 1 amide bonds. The zero-order chi connectivity index (χ0) is 18.6. The first-order chi connectivity index (χ1) is 13.2. The van der Waals surface area contributed by atoms with Gasteiger partial charge in [-0.2, -0.15) is 0 Å². The van der Waals surface area contributed by atoms with Gasteiger partial charge in [-0.15, -0.1) is 0 Å². The van der Waals surface area contributed by atoms with Gasteiger partial charge in [0.1, 0.15) is 5.75 Å². The Hall–Kier alpha value is -3.02. The SMILES string of the molecule is COc1ccccc1CNC(=O)C1CCCN(c2nc3ccccc3[nH]2)C1. The first kappa shape index (κ1) is 17.4. The van der Waals surface area contributed by atoms with E-state index in [4.69, 9.17) is 4.74 Å². The van der Waals surface area contributed by atoms with Crippen LogP contribution in [0.4, 0.5) is 5.95 Å². The van der Waals surface area contributed by atoms with E-state index in [1.807, 2.05) is 48.5 Å². The highest BCUT2D eigenvalue weighted by atomic mass is 16.5. The largest absolute Gasteiger partial charge is 0.496 e. The molecule has 0 bridgehead atoms. The van der Waals surface area contributed by atoms with Crippen LogP contribution in [0.15, 0.2) is 48.5 Å². The summed E-state index contributed by atoms with van der Waals surface area (Å²) in [6.07, 6.45) is 1.87. The number of para-hydroxylation sites is 3. The van der Waals surface area contributed by atoms with E-state index in [2.05, 4.69) is 20.2 Å². The molecule has 140 valence electrons. The molecule has 2 N–H and O–H groups in total. The lowest BCUT2D eigenvalue weighted by atomic mass is 9.97. The third kappa shape index (κ3) is 3.74. The van der Waals surface area contributed by atoms with Gasteiger partial charge in [-0.3, -0.25) is 4.79 Å². The summed E-state index contributed by atoms with van der Waals surface area (Å²) in [4.78, 5) is 22.9. The summed E-state index contributed by atoms with van der Waals surface area (Å²) in [7, 11) is 1.65. The molecule has 0 spiro atoms. The molecule has 6 nitrogen and oxygen atoms in total. The predicted octanol–water partition coefficient (Wildman–Crippen LogP) is 3.10. The number of benzene rings is 2. The van der Waals surface area contributed by atoms with Gasteiger partial charge in [0.25, 0.3) is 0 Å². The average molecular weight is 364 g/mol. The normalized spacial score (nSPS) is 17.1. The minimum atomic E-state index is -0.0401. The van der Waals surface area contributed by atoms with Crippen molar-refractivity contribution in [3.05, 3.63) is 54.1 Å². The van der Waals surface area contributed by atoms with E-state index in [0.29, 0.717) is 13.1 Å². The highest BCUT2D eigenvalue weighted by Gasteiger charge is 2.27. The van der Waals surface area contributed by atoms with E-state index in [-0.39, 0.29) is 11.8 Å². The maximum Gasteiger partial charge on any atom is 0.225 e. The zero-order valence-electron chi connectivity index (χ0n) is 15.4. The molecular weight excluding hydrogens is 340 g/mol. The molecule has 1 aliphatic heterocycles. The van der Waals surface area contributed by atoms with Gasteiger partial charge in [0, 0.05) is 25.2 Å². The molecule has 1 aliphatic rings. The molecule has 0 radical (unpaired) electrons. The number of hydrogen-bond donors (Lipinski definition) is 2. The molecule has 0 saturated carbocycles. The third-order valence-corrected chi connectivity index (χ3v) is 5.11. The van der Waals surface area contributed by atoms with Crippen molar-refractivity contribution < 1.29 is 9.53 Å². The molecule has 1 unspecified atom stereocenters. The highest BCUT2D eigenvalue weighted by molar-refractivity contribution is 5.80. The standard InChI is InChI=1S/C21H24N4O2/c1-27-19-11-5-2-7-15(19)13-22-20(26)16-8-6-12-25(14-16)21-23-17-9-3-4-10-18(17)24-21/h2-5,7,9-11,16H,6,8,12-14H2,1H3,(H,22,26)(H,23,24). The lowest BCUT2D eigenvalue weighted by Gasteiger charge is -2.31. The number of anilines is 1. The quantitative estimate of drug-likeness (QED) is 0.730. The zero-order valence-corrected chi connectivity index (χ0v) is 15.4. The number of carbonyl (C=O) groups excluding carboxylic acids is 1. The smallest absolute Gasteiger partial charge is 0.225 e. The second-order valence-corrected chi connectivity index (χ2v) is 6.89. The number of fused-ring (bicyclic) bond motifs is 1. The molecule has 1 fully saturated rings. The highest BCUT2D eigenvalue weighted by Crippen LogP contribution is 2.24. The van der Waals surface area contributed by atoms with Gasteiger partial charge in [0.15, 0.2) is 0 Å². The molecule has 6 heteroatoms. The fourth-order valence-corrected chi connectivity index (χ4v) is 3.65. The summed E-state index contributed by atoms with van der Waals surface area (Å²) in [6, 6.07) is 15.8. The minimum absolute atomic E-state index is 0.0401. The van der Waals surface area contributed by atoms with Crippen molar-refractivity contribution in [3.8, 4) is 5.75 Å². The molecule has 2 aromatic carbocycles. The number of piperidine rings is 1. The fraction of sp³-hybridized carbons (Fsp3) is 0.333. The number of imidazole rings is 1. The van der Waals surface area contributed by atoms with Gasteiger partial charge in [0.2, 0.25) is 11.9 Å². The van der Waals surface area contributed by atoms with Gasteiger partial charge < -0.3 is 19.9 Å². The van der Waals surface area contributed by atoms with Crippen LogP contribution in [-0.4, -0.2) is 36.1 Å². The molecule has 2 heterocycles. The number of nitrogens with zero attached hydrogens (tertiary/aromatic N) is 2. The lowest BCUT2D eigenvalue weighted by molar-refractivity contribution is -0.125. The molecular formula is C21H24N4O2. The van der Waals surface area contributed by atoms with Crippen LogP contribution in [-0.2, 0) is 11.3 Å². The number of ether oxygens (including phenoxy) is 1. The van der Waals surface area contributed by atoms with Crippen LogP contribution in [0.2, 0.25) is 0 Å². The van der Waals surface area contributed by atoms with E-state index in [9.17, 15) is 4.79 Å². The number of aromatic amines is 1. The molecule has 0 aliphatic carbocycles. The van der Waals surface area contributed by atoms with Crippen molar-refractivity contribution in [2.24, 2.45) is 5.92 Å². The maximum atomic E-state index is 12.7. The van der Waals surface area contributed by atoms with Crippen LogP contribution in [0, 0.1) is 5.92 Å². The van der Waals surface area contributed by atoms with Crippen molar-refractivity contribution in [3.63, 3.8) is 0 Å². The Morgan fingerprint density at radius 1 is 1.26 bits per heavy atom. The Morgan fingerprint density at radius 3 is 2.93 bits per heavy atom. The number of methoxy groups -OCH3 is 1. The Balaban J connectivity index is 1.40. The van der Waals surface area contributed by atoms with Gasteiger partial charge in [-0.25, -0.2) is 4.98 Å². The monoisotopic (exact) mass is 364 g/mol. The molecule has 1 saturated heterocycles. The van der Waals surface area contributed by atoms with Crippen LogP contribution in [0.3, 0.4) is 0 Å². The Labute approximate surface area is 158 Å². The number of aromatic nitrogens is 2. The van der Waals surface area contributed by atoms with Crippen LogP contribution in [0.5, 0.6) is 5.75 Å². The Morgan fingerprint density at radius 2 is 2.07 bits per heavy atom. The first-order valence-corrected chi connectivity index (χ1v) is 9.34. The third-order valence-electron chi connectivity index (χ3n) is 5.11. The first-order valence-electron chi connectivity index (χ1n) is 9.34. The summed E-state index contributed by atoms with van der Waals surface area (Å²) in [6.45, 7) is 2.07. The Bertz CT molecular complexity index is 904. The second-order valence-electron chi connectivity index (χ2n) is 6.89. The fourth-order valence-electron chi connectivity index (χ4n) is 3.65. The van der Waals surface area contributed by atoms with Crippen LogP contribution in [0.1, 0.15) is 18.4 Å². The Kier molecular flexibility index (Phi) is 4.96. The van der Waals surface area contributed by atoms with Gasteiger partial charge >= 0.3 is 0 Å². The number of nitrogens with one attached hydrogen (secondary N) is 2. The number of H-pyrrole nitrogens is 1. The van der Waals surface area contributed by atoms with Gasteiger partial charge in [-0.1, -0.05) is 30.3 Å². The van der Waals surface area contributed by atoms with Crippen LogP contribution < -0.4 is 15.0 Å². The van der Waals surface area contributed by atoms with Crippen LogP contribution in [0.25, 0.3) is 11.0 Å².